The Bertz CT molecular complexity index is 236. The summed E-state index contributed by atoms with van der Waals surface area (Å²) in [7, 11) is 0. The Balaban J connectivity index is 0.000000461. The molecule has 0 aliphatic carbocycles. The highest BCUT2D eigenvalue weighted by Gasteiger charge is 2.54. The quantitative estimate of drug-likeness (QED) is 0.533. The Labute approximate surface area is 88.5 Å². The molecule has 0 radical (unpaired) electrons. The number of hydrogen-bond donors (Lipinski definition) is 0. The van der Waals surface area contributed by atoms with Gasteiger partial charge < -0.3 is 4.74 Å². The van der Waals surface area contributed by atoms with E-state index in [9.17, 15) is 0 Å². The minimum Gasteiger partial charge on any atom is -0.360 e. The second kappa shape index (κ2) is 3.37. The van der Waals surface area contributed by atoms with E-state index in [1.54, 1.807) is 0 Å². The van der Waals surface area contributed by atoms with Crippen LogP contribution in [0, 0.1) is 5.41 Å². The van der Waals surface area contributed by atoms with E-state index < -0.39 is 0 Å². The van der Waals surface area contributed by atoms with Gasteiger partial charge >= 0.3 is 0 Å². The van der Waals surface area contributed by atoms with Gasteiger partial charge in [-0.2, -0.15) is 0 Å². The Morgan fingerprint density at radius 1 is 1.07 bits per heavy atom. The highest BCUT2D eigenvalue weighted by molar-refractivity contribution is 5.25. The second-order valence-electron chi connectivity index (χ2n) is 5.39. The van der Waals surface area contributed by atoms with Gasteiger partial charge in [0.05, 0.1) is 11.2 Å². The largest absolute Gasteiger partial charge is 0.360 e. The zero-order chi connectivity index (χ0) is 11.0. The maximum Gasteiger partial charge on any atom is 0.0924 e. The van der Waals surface area contributed by atoms with E-state index in [-0.39, 0.29) is 16.6 Å². The maximum absolute atomic E-state index is 6.10. The molecule has 2 bridgehead atoms. The van der Waals surface area contributed by atoms with Gasteiger partial charge in [0.25, 0.3) is 0 Å². The third-order valence-corrected chi connectivity index (χ3v) is 3.38. The summed E-state index contributed by atoms with van der Waals surface area (Å²) in [6.45, 7) is 13.0. The molecular weight excluding hydrogens is 172 g/mol. The van der Waals surface area contributed by atoms with Crippen molar-refractivity contribution in [3.8, 4) is 0 Å². The SMILES string of the molecule is CC.CC12C=CC(C(C)(C)C)(CC1)O2. The molecule has 0 aromatic carbocycles. The van der Waals surface area contributed by atoms with Gasteiger partial charge in [0.15, 0.2) is 0 Å². The highest BCUT2D eigenvalue weighted by Crippen LogP contribution is 2.53. The first-order valence-corrected chi connectivity index (χ1v) is 5.78. The Morgan fingerprint density at radius 3 is 1.79 bits per heavy atom. The van der Waals surface area contributed by atoms with Crippen molar-refractivity contribution < 1.29 is 4.74 Å². The molecule has 0 amide bonds. The van der Waals surface area contributed by atoms with E-state index in [2.05, 4.69) is 39.8 Å². The van der Waals surface area contributed by atoms with Crippen LogP contribution in [0.2, 0.25) is 0 Å². The normalized spacial score (nSPS) is 39.6. The number of rotatable bonds is 0. The van der Waals surface area contributed by atoms with Crippen molar-refractivity contribution >= 4 is 0 Å². The summed E-state index contributed by atoms with van der Waals surface area (Å²) >= 11 is 0. The van der Waals surface area contributed by atoms with Gasteiger partial charge in [-0.15, -0.1) is 0 Å². The molecule has 1 nitrogen and oxygen atoms in total. The number of hydrogen-bond acceptors (Lipinski definition) is 1. The Hall–Kier alpha value is -0.300. The predicted octanol–water partition coefficient (Wildman–Crippen LogP) is 3.94. The topological polar surface area (TPSA) is 9.23 Å². The molecule has 82 valence electrons. The van der Waals surface area contributed by atoms with Gasteiger partial charge in [-0.3, -0.25) is 0 Å². The van der Waals surface area contributed by atoms with Crippen molar-refractivity contribution in [3.63, 3.8) is 0 Å². The lowest BCUT2D eigenvalue weighted by molar-refractivity contribution is -0.0805. The zero-order valence-corrected chi connectivity index (χ0v) is 10.5. The van der Waals surface area contributed by atoms with Gasteiger partial charge in [0.1, 0.15) is 0 Å². The molecule has 2 atom stereocenters. The van der Waals surface area contributed by atoms with Crippen LogP contribution in [0.4, 0.5) is 0 Å². The van der Waals surface area contributed by atoms with E-state index in [4.69, 9.17) is 4.74 Å². The first kappa shape index (κ1) is 11.8. The average molecular weight is 196 g/mol. The second-order valence-corrected chi connectivity index (χ2v) is 5.39. The number of ether oxygens (including phenoxy) is 1. The molecule has 2 aliphatic heterocycles. The van der Waals surface area contributed by atoms with Crippen LogP contribution in [0.5, 0.6) is 0 Å². The molecule has 2 rings (SSSR count). The summed E-state index contributed by atoms with van der Waals surface area (Å²) in [5.74, 6) is 0. The van der Waals surface area contributed by atoms with Crippen molar-refractivity contribution in [2.45, 2.75) is 65.6 Å². The van der Waals surface area contributed by atoms with Crippen molar-refractivity contribution in [1.29, 1.82) is 0 Å². The number of fused-ring (bicyclic) bond motifs is 2. The standard InChI is InChI=1S/C11H18O.C2H6/c1-9(2,3)11-7-5-10(4,12-11)6-8-11;1-2/h5,7H,6,8H2,1-4H3;1-2H3. The summed E-state index contributed by atoms with van der Waals surface area (Å²) in [5.41, 5.74) is 0.312. The van der Waals surface area contributed by atoms with Crippen LogP contribution in [0.1, 0.15) is 54.4 Å². The molecule has 1 fully saturated rings. The molecule has 1 saturated heterocycles. The maximum atomic E-state index is 6.10. The molecule has 0 aromatic heterocycles. The lowest BCUT2D eigenvalue weighted by Crippen LogP contribution is -2.39. The summed E-state index contributed by atoms with van der Waals surface area (Å²) in [5, 5.41) is 0. The van der Waals surface area contributed by atoms with Gasteiger partial charge in [-0.25, -0.2) is 0 Å². The molecular formula is C13H24O. The van der Waals surface area contributed by atoms with Crippen molar-refractivity contribution in [1.82, 2.24) is 0 Å². The summed E-state index contributed by atoms with van der Waals surface area (Å²) in [4.78, 5) is 0. The minimum atomic E-state index is 0.0295. The Morgan fingerprint density at radius 2 is 1.64 bits per heavy atom. The Kier molecular flexibility index (Phi) is 2.84. The van der Waals surface area contributed by atoms with E-state index in [1.165, 1.54) is 12.8 Å². The van der Waals surface area contributed by atoms with Crippen LogP contribution in [0.3, 0.4) is 0 Å². The fourth-order valence-corrected chi connectivity index (χ4v) is 2.28. The average Bonchev–Trinajstić information content (AvgIpc) is 2.61. The van der Waals surface area contributed by atoms with Crippen LogP contribution in [0.25, 0.3) is 0 Å². The molecule has 2 unspecified atom stereocenters. The molecule has 14 heavy (non-hydrogen) atoms. The van der Waals surface area contributed by atoms with Crippen LogP contribution in [-0.4, -0.2) is 11.2 Å². The summed E-state index contributed by atoms with van der Waals surface area (Å²) in [6.07, 6.45) is 6.88. The molecule has 0 saturated carbocycles. The molecule has 0 N–H and O–H groups in total. The fourth-order valence-electron chi connectivity index (χ4n) is 2.28. The summed E-state index contributed by atoms with van der Waals surface area (Å²) < 4.78 is 6.10. The van der Waals surface area contributed by atoms with E-state index >= 15 is 0 Å². The molecule has 1 heteroatoms. The van der Waals surface area contributed by atoms with Gasteiger partial charge in [-0.05, 0) is 25.2 Å². The van der Waals surface area contributed by atoms with Crippen LogP contribution >= 0.6 is 0 Å². The first-order chi connectivity index (χ1) is 6.37. The van der Waals surface area contributed by atoms with Crippen LogP contribution < -0.4 is 0 Å². The fraction of sp³-hybridized carbons (Fsp3) is 0.846. The summed E-state index contributed by atoms with van der Waals surface area (Å²) in [6, 6.07) is 0. The van der Waals surface area contributed by atoms with Gasteiger partial charge in [0.2, 0.25) is 0 Å². The zero-order valence-electron chi connectivity index (χ0n) is 10.5. The lowest BCUT2D eigenvalue weighted by atomic mass is 9.73. The first-order valence-electron chi connectivity index (χ1n) is 5.78. The van der Waals surface area contributed by atoms with E-state index in [0.29, 0.717) is 0 Å². The smallest absolute Gasteiger partial charge is 0.0924 e. The van der Waals surface area contributed by atoms with Crippen LogP contribution in [0.15, 0.2) is 12.2 Å². The van der Waals surface area contributed by atoms with Crippen LogP contribution in [-0.2, 0) is 4.74 Å². The van der Waals surface area contributed by atoms with E-state index in [0.717, 1.165) is 0 Å². The predicted molar refractivity (Wildman–Crippen MR) is 61.4 cm³/mol. The van der Waals surface area contributed by atoms with Crippen molar-refractivity contribution in [2.75, 3.05) is 0 Å². The lowest BCUT2D eigenvalue weighted by Gasteiger charge is -2.37. The minimum absolute atomic E-state index is 0.0295. The third kappa shape index (κ3) is 1.63. The monoisotopic (exact) mass is 196 g/mol. The molecule has 0 spiro atoms. The van der Waals surface area contributed by atoms with Crippen molar-refractivity contribution in [2.24, 2.45) is 5.41 Å². The molecule has 0 aromatic rings. The van der Waals surface area contributed by atoms with Gasteiger partial charge in [0, 0.05) is 0 Å². The molecule has 2 aliphatic rings. The highest BCUT2D eigenvalue weighted by atomic mass is 16.5. The van der Waals surface area contributed by atoms with Gasteiger partial charge in [-0.1, -0.05) is 46.8 Å². The third-order valence-electron chi connectivity index (χ3n) is 3.38. The molecule has 2 heterocycles. The van der Waals surface area contributed by atoms with Crippen molar-refractivity contribution in [3.05, 3.63) is 12.2 Å². The van der Waals surface area contributed by atoms with E-state index in [1.807, 2.05) is 13.8 Å².